The number of aromatic nitrogens is 2. The van der Waals surface area contributed by atoms with Gasteiger partial charge in [0.15, 0.2) is 0 Å². The van der Waals surface area contributed by atoms with Crippen LogP contribution >= 0.6 is 0 Å². The van der Waals surface area contributed by atoms with E-state index in [1.807, 2.05) is 58.0 Å². The van der Waals surface area contributed by atoms with Crippen molar-refractivity contribution in [2.24, 2.45) is 11.8 Å². The zero-order valence-corrected chi connectivity index (χ0v) is 18.9. The molecule has 0 atom stereocenters. The summed E-state index contributed by atoms with van der Waals surface area (Å²) in [5.41, 5.74) is 2.22. The van der Waals surface area contributed by atoms with Crippen molar-refractivity contribution in [2.75, 3.05) is 18.4 Å². The highest BCUT2D eigenvalue weighted by atomic mass is 19.1. The maximum atomic E-state index is 13.4. The molecule has 0 spiro atoms. The SMILES string of the molecule is CC(C)CN(CC(=O)Nc1nc(-c2ccccc2)cn1-c1ccc(F)cc1)C(=O)C(C)C. The minimum absolute atomic E-state index is 0.0634. The van der Waals surface area contributed by atoms with Crippen molar-refractivity contribution < 1.29 is 14.0 Å². The topological polar surface area (TPSA) is 67.2 Å². The largest absolute Gasteiger partial charge is 0.333 e. The van der Waals surface area contributed by atoms with E-state index in [0.717, 1.165) is 5.56 Å². The lowest BCUT2D eigenvalue weighted by molar-refractivity contribution is -0.138. The highest BCUT2D eigenvalue weighted by Crippen LogP contribution is 2.24. The lowest BCUT2D eigenvalue weighted by atomic mass is 10.1. The van der Waals surface area contributed by atoms with E-state index in [1.165, 1.54) is 12.1 Å². The summed E-state index contributed by atoms with van der Waals surface area (Å²) in [5, 5.41) is 2.84. The smallest absolute Gasteiger partial charge is 0.246 e. The van der Waals surface area contributed by atoms with E-state index in [4.69, 9.17) is 0 Å². The fourth-order valence-corrected chi connectivity index (χ4v) is 3.39. The fourth-order valence-electron chi connectivity index (χ4n) is 3.39. The van der Waals surface area contributed by atoms with Crippen molar-refractivity contribution in [2.45, 2.75) is 27.7 Å². The van der Waals surface area contributed by atoms with Crippen molar-refractivity contribution in [3.05, 3.63) is 66.6 Å². The van der Waals surface area contributed by atoms with Gasteiger partial charge >= 0.3 is 0 Å². The molecule has 2 aromatic carbocycles. The summed E-state index contributed by atoms with van der Waals surface area (Å²) in [6, 6.07) is 15.5. The van der Waals surface area contributed by atoms with Gasteiger partial charge in [-0.05, 0) is 30.2 Å². The van der Waals surface area contributed by atoms with Crippen LogP contribution in [-0.2, 0) is 9.59 Å². The average molecular weight is 437 g/mol. The average Bonchev–Trinajstić information content (AvgIpc) is 3.17. The van der Waals surface area contributed by atoms with Crippen LogP contribution in [0, 0.1) is 17.7 Å². The molecule has 6 nitrogen and oxygen atoms in total. The predicted octanol–water partition coefficient (Wildman–Crippen LogP) is 4.76. The number of hydrogen-bond acceptors (Lipinski definition) is 3. The number of amides is 2. The summed E-state index contributed by atoms with van der Waals surface area (Å²) in [6.45, 7) is 8.08. The Labute approximate surface area is 188 Å². The van der Waals surface area contributed by atoms with Crippen molar-refractivity contribution in [3.8, 4) is 16.9 Å². The van der Waals surface area contributed by atoms with Gasteiger partial charge in [-0.15, -0.1) is 0 Å². The van der Waals surface area contributed by atoms with E-state index in [-0.39, 0.29) is 36.0 Å². The molecule has 0 aliphatic carbocycles. The zero-order valence-electron chi connectivity index (χ0n) is 18.9. The van der Waals surface area contributed by atoms with Crippen molar-refractivity contribution in [1.29, 1.82) is 0 Å². The molecule has 1 N–H and O–H groups in total. The first-order valence-corrected chi connectivity index (χ1v) is 10.7. The van der Waals surface area contributed by atoms with E-state index in [1.54, 1.807) is 27.8 Å². The Hall–Kier alpha value is -3.48. The lowest BCUT2D eigenvalue weighted by Gasteiger charge is -2.25. The second-order valence-electron chi connectivity index (χ2n) is 8.48. The molecule has 0 bridgehead atoms. The second-order valence-corrected chi connectivity index (χ2v) is 8.48. The maximum absolute atomic E-state index is 13.4. The van der Waals surface area contributed by atoms with Crippen LogP contribution in [0.2, 0.25) is 0 Å². The van der Waals surface area contributed by atoms with Crippen LogP contribution in [0.5, 0.6) is 0 Å². The first-order valence-electron chi connectivity index (χ1n) is 10.7. The molecule has 0 radical (unpaired) electrons. The molecule has 0 saturated carbocycles. The van der Waals surface area contributed by atoms with Gasteiger partial charge in [0.2, 0.25) is 17.8 Å². The van der Waals surface area contributed by atoms with Gasteiger partial charge in [-0.25, -0.2) is 9.37 Å². The van der Waals surface area contributed by atoms with Crippen LogP contribution in [0.3, 0.4) is 0 Å². The Kier molecular flexibility index (Phi) is 7.41. The van der Waals surface area contributed by atoms with Crippen LogP contribution in [0.4, 0.5) is 10.3 Å². The van der Waals surface area contributed by atoms with Gasteiger partial charge in [-0.1, -0.05) is 58.0 Å². The normalized spacial score (nSPS) is 11.1. The van der Waals surface area contributed by atoms with Gasteiger partial charge in [0.05, 0.1) is 12.2 Å². The molecule has 0 fully saturated rings. The van der Waals surface area contributed by atoms with Gasteiger partial charge in [-0.2, -0.15) is 0 Å². The Morgan fingerprint density at radius 2 is 1.69 bits per heavy atom. The molecule has 1 heterocycles. The number of rotatable bonds is 8. The van der Waals surface area contributed by atoms with Gasteiger partial charge in [0.25, 0.3) is 0 Å². The molecule has 168 valence electrons. The minimum atomic E-state index is -0.348. The second kappa shape index (κ2) is 10.2. The number of benzene rings is 2. The molecule has 0 unspecified atom stereocenters. The summed E-state index contributed by atoms with van der Waals surface area (Å²) in [7, 11) is 0. The first-order chi connectivity index (χ1) is 15.2. The molecule has 2 amide bonds. The van der Waals surface area contributed by atoms with Crippen LogP contribution in [-0.4, -0.2) is 39.4 Å². The number of carbonyl (C=O) groups excluding carboxylic acids is 2. The van der Waals surface area contributed by atoms with E-state index in [2.05, 4.69) is 10.3 Å². The first kappa shape index (κ1) is 23.2. The molecule has 7 heteroatoms. The van der Waals surface area contributed by atoms with Gasteiger partial charge in [0, 0.05) is 29.9 Å². The fraction of sp³-hybridized carbons (Fsp3) is 0.320. The van der Waals surface area contributed by atoms with E-state index < -0.39 is 0 Å². The molecule has 0 aliphatic rings. The lowest BCUT2D eigenvalue weighted by Crippen LogP contribution is -2.42. The minimum Gasteiger partial charge on any atom is -0.333 e. The third-order valence-electron chi connectivity index (χ3n) is 4.86. The third-order valence-corrected chi connectivity index (χ3v) is 4.86. The quantitative estimate of drug-likeness (QED) is 0.554. The highest BCUT2D eigenvalue weighted by molar-refractivity contribution is 5.94. The number of nitrogens with zero attached hydrogens (tertiary/aromatic N) is 3. The molecule has 0 saturated heterocycles. The Morgan fingerprint density at radius 1 is 1.03 bits per heavy atom. The Morgan fingerprint density at radius 3 is 2.28 bits per heavy atom. The molecule has 32 heavy (non-hydrogen) atoms. The summed E-state index contributed by atoms with van der Waals surface area (Å²) in [6.07, 6.45) is 1.79. The summed E-state index contributed by atoms with van der Waals surface area (Å²) in [4.78, 5) is 31.6. The van der Waals surface area contributed by atoms with E-state index in [0.29, 0.717) is 23.9 Å². The monoisotopic (exact) mass is 436 g/mol. The maximum Gasteiger partial charge on any atom is 0.246 e. The molecule has 0 aliphatic heterocycles. The number of anilines is 1. The van der Waals surface area contributed by atoms with Crippen LogP contribution in [0.1, 0.15) is 27.7 Å². The molecule has 1 aromatic heterocycles. The number of halogens is 1. The standard InChI is InChI=1S/C25H29FN4O2/c1-17(2)14-29(24(32)18(3)4)16-23(31)28-25-27-22(19-8-6-5-7-9-19)15-30(25)21-12-10-20(26)11-13-21/h5-13,15,17-18H,14,16H2,1-4H3,(H,27,28,31). The molecule has 3 rings (SSSR count). The van der Waals surface area contributed by atoms with E-state index >= 15 is 0 Å². The zero-order chi connectivity index (χ0) is 23.3. The van der Waals surface area contributed by atoms with Gasteiger partial charge < -0.3 is 4.90 Å². The predicted molar refractivity (Wildman–Crippen MR) is 124 cm³/mol. The molecule has 3 aromatic rings. The number of imidazole rings is 1. The molecular formula is C25H29FN4O2. The van der Waals surface area contributed by atoms with E-state index in [9.17, 15) is 14.0 Å². The number of nitrogens with one attached hydrogen (secondary N) is 1. The van der Waals surface area contributed by atoms with Gasteiger partial charge in [0.1, 0.15) is 5.82 Å². The molecular weight excluding hydrogens is 407 g/mol. The van der Waals surface area contributed by atoms with Gasteiger partial charge in [-0.3, -0.25) is 19.5 Å². The summed E-state index contributed by atoms with van der Waals surface area (Å²) in [5.74, 6) is -0.418. The number of hydrogen-bond donors (Lipinski definition) is 1. The van der Waals surface area contributed by atoms with Crippen LogP contribution in [0.25, 0.3) is 16.9 Å². The summed E-state index contributed by atoms with van der Waals surface area (Å²) >= 11 is 0. The summed E-state index contributed by atoms with van der Waals surface area (Å²) < 4.78 is 15.1. The highest BCUT2D eigenvalue weighted by Gasteiger charge is 2.22. The van der Waals surface area contributed by atoms with Crippen molar-refractivity contribution in [1.82, 2.24) is 14.5 Å². The third kappa shape index (κ3) is 5.81. The van der Waals surface area contributed by atoms with Crippen LogP contribution < -0.4 is 5.32 Å². The van der Waals surface area contributed by atoms with Crippen molar-refractivity contribution in [3.63, 3.8) is 0 Å². The Bertz CT molecular complexity index is 1060. The van der Waals surface area contributed by atoms with Crippen molar-refractivity contribution >= 4 is 17.8 Å². The number of carbonyl (C=O) groups is 2. The van der Waals surface area contributed by atoms with Crippen LogP contribution in [0.15, 0.2) is 60.8 Å². The Balaban J connectivity index is 1.89.